The molecule has 0 spiro atoms. The fraction of sp³-hybridized carbons (Fsp3) is 0.333. The molecule has 0 fully saturated rings. The van der Waals surface area contributed by atoms with Crippen LogP contribution in [0.4, 0.5) is 0 Å². The molecule has 1 atom stereocenters. The second kappa shape index (κ2) is 6.00. The minimum atomic E-state index is 0.289. The molecular formula is C15H18BrNS. The van der Waals surface area contributed by atoms with Gasteiger partial charge in [0, 0.05) is 9.35 Å². The van der Waals surface area contributed by atoms with Crippen LogP contribution < -0.4 is 5.32 Å². The Morgan fingerprint density at radius 2 is 2.06 bits per heavy atom. The largest absolute Gasteiger partial charge is 0.306 e. The molecule has 1 nitrogen and oxygen atoms in total. The zero-order valence-electron chi connectivity index (χ0n) is 11.0. The molecule has 1 aromatic carbocycles. The highest BCUT2D eigenvalue weighted by Gasteiger charge is 2.16. The first kappa shape index (κ1) is 13.8. The van der Waals surface area contributed by atoms with Gasteiger partial charge in [-0.1, -0.05) is 28.9 Å². The molecule has 1 N–H and O–H groups in total. The molecule has 0 aliphatic heterocycles. The van der Waals surface area contributed by atoms with Gasteiger partial charge in [0.25, 0.3) is 0 Å². The summed E-state index contributed by atoms with van der Waals surface area (Å²) in [4.78, 5) is 1.39. The van der Waals surface area contributed by atoms with Gasteiger partial charge in [-0.2, -0.15) is 0 Å². The normalized spacial score (nSPS) is 12.7. The Balaban J connectivity index is 2.44. The third-order valence-corrected chi connectivity index (χ3v) is 4.34. The Morgan fingerprint density at radius 3 is 2.61 bits per heavy atom. The molecule has 1 unspecified atom stereocenters. The van der Waals surface area contributed by atoms with Crippen LogP contribution in [0.2, 0.25) is 0 Å². The lowest BCUT2D eigenvalue weighted by Crippen LogP contribution is -2.22. The molecule has 0 saturated carbocycles. The first-order valence-corrected chi connectivity index (χ1v) is 7.83. The standard InChI is InChI=1S/C15H18BrNS/c1-4-17-15(14-5-6-18-11(14)3)12-7-10(2)8-13(16)9-12/h5-9,15,17H,4H2,1-3H3. The first-order chi connectivity index (χ1) is 8.61. The molecule has 2 rings (SSSR count). The summed E-state index contributed by atoms with van der Waals surface area (Å²) in [7, 11) is 0. The van der Waals surface area contributed by atoms with Crippen molar-refractivity contribution in [2.45, 2.75) is 26.8 Å². The molecule has 0 radical (unpaired) electrons. The number of halogens is 1. The maximum Gasteiger partial charge on any atom is 0.0587 e. The van der Waals surface area contributed by atoms with Gasteiger partial charge in [0.2, 0.25) is 0 Å². The minimum absolute atomic E-state index is 0.289. The Labute approximate surface area is 121 Å². The van der Waals surface area contributed by atoms with Crippen LogP contribution in [-0.4, -0.2) is 6.54 Å². The number of nitrogens with one attached hydrogen (secondary N) is 1. The highest BCUT2D eigenvalue weighted by molar-refractivity contribution is 9.10. The van der Waals surface area contributed by atoms with E-state index in [1.165, 1.54) is 21.6 Å². The Hall–Kier alpha value is -0.640. The second-order valence-electron chi connectivity index (χ2n) is 4.48. The van der Waals surface area contributed by atoms with Crippen LogP contribution in [0.15, 0.2) is 34.1 Å². The molecule has 3 heteroatoms. The van der Waals surface area contributed by atoms with E-state index in [4.69, 9.17) is 0 Å². The summed E-state index contributed by atoms with van der Waals surface area (Å²) < 4.78 is 1.15. The topological polar surface area (TPSA) is 12.0 Å². The Bertz CT molecular complexity index is 513. The van der Waals surface area contributed by atoms with Crippen molar-refractivity contribution in [3.05, 3.63) is 55.7 Å². The van der Waals surface area contributed by atoms with Crippen LogP contribution in [0.3, 0.4) is 0 Å². The predicted molar refractivity (Wildman–Crippen MR) is 83.5 cm³/mol. The van der Waals surface area contributed by atoms with Crippen molar-refractivity contribution in [2.75, 3.05) is 6.54 Å². The van der Waals surface area contributed by atoms with Crippen molar-refractivity contribution in [3.8, 4) is 0 Å². The molecule has 96 valence electrons. The maximum absolute atomic E-state index is 3.59. The minimum Gasteiger partial charge on any atom is -0.306 e. The molecule has 0 saturated heterocycles. The lowest BCUT2D eigenvalue weighted by molar-refractivity contribution is 0.629. The molecule has 0 bridgehead atoms. The van der Waals surface area contributed by atoms with Crippen LogP contribution in [0.25, 0.3) is 0 Å². The van der Waals surface area contributed by atoms with Crippen LogP contribution >= 0.6 is 27.3 Å². The van der Waals surface area contributed by atoms with Crippen LogP contribution in [-0.2, 0) is 0 Å². The first-order valence-electron chi connectivity index (χ1n) is 6.16. The molecule has 2 aromatic rings. The number of thiophene rings is 1. The molecule has 18 heavy (non-hydrogen) atoms. The third-order valence-electron chi connectivity index (χ3n) is 3.02. The van der Waals surface area contributed by atoms with E-state index < -0.39 is 0 Å². The van der Waals surface area contributed by atoms with E-state index in [0.29, 0.717) is 0 Å². The van der Waals surface area contributed by atoms with Gasteiger partial charge in [-0.3, -0.25) is 0 Å². The highest BCUT2D eigenvalue weighted by Crippen LogP contribution is 2.30. The molecule has 1 heterocycles. The van der Waals surface area contributed by atoms with E-state index in [9.17, 15) is 0 Å². The second-order valence-corrected chi connectivity index (χ2v) is 6.52. The summed E-state index contributed by atoms with van der Waals surface area (Å²) in [6, 6.07) is 9.13. The number of benzene rings is 1. The zero-order chi connectivity index (χ0) is 13.1. The summed E-state index contributed by atoms with van der Waals surface area (Å²) in [6.07, 6.45) is 0. The van der Waals surface area contributed by atoms with Gasteiger partial charge in [0.05, 0.1) is 6.04 Å². The lowest BCUT2D eigenvalue weighted by atomic mass is 9.98. The lowest BCUT2D eigenvalue weighted by Gasteiger charge is -2.19. The number of hydrogen-bond donors (Lipinski definition) is 1. The molecular weight excluding hydrogens is 306 g/mol. The average molecular weight is 324 g/mol. The Morgan fingerprint density at radius 1 is 1.28 bits per heavy atom. The number of aryl methyl sites for hydroxylation is 2. The van der Waals surface area contributed by atoms with E-state index in [-0.39, 0.29) is 6.04 Å². The van der Waals surface area contributed by atoms with Crippen molar-refractivity contribution in [2.24, 2.45) is 0 Å². The van der Waals surface area contributed by atoms with Crippen molar-refractivity contribution in [1.29, 1.82) is 0 Å². The van der Waals surface area contributed by atoms with E-state index in [1.807, 2.05) is 11.3 Å². The van der Waals surface area contributed by atoms with E-state index >= 15 is 0 Å². The van der Waals surface area contributed by atoms with Gasteiger partial charge in [0.15, 0.2) is 0 Å². The van der Waals surface area contributed by atoms with Gasteiger partial charge in [-0.05, 0) is 60.7 Å². The fourth-order valence-electron chi connectivity index (χ4n) is 2.24. The van der Waals surface area contributed by atoms with Crippen molar-refractivity contribution >= 4 is 27.3 Å². The Kier molecular flexibility index (Phi) is 4.60. The predicted octanol–water partition coefficient (Wildman–Crippen LogP) is 4.83. The van der Waals surface area contributed by atoms with Crippen LogP contribution in [0, 0.1) is 13.8 Å². The summed E-state index contributed by atoms with van der Waals surface area (Å²) in [5.41, 5.74) is 4.00. The molecule has 1 aromatic heterocycles. The highest BCUT2D eigenvalue weighted by atomic mass is 79.9. The molecule has 0 aliphatic rings. The van der Waals surface area contributed by atoms with Gasteiger partial charge in [-0.15, -0.1) is 11.3 Å². The van der Waals surface area contributed by atoms with E-state index in [1.54, 1.807) is 0 Å². The number of rotatable bonds is 4. The summed E-state index contributed by atoms with van der Waals surface area (Å²) in [5.74, 6) is 0. The van der Waals surface area contributed by atoms with Crippen molar-refractivity contribution in [1.82, 2.24) is 5.32 Å². The zero-order valence-corrected chi connectivity index (χ0v) is 13.4. The van der Waals surface area contributed by atoms with Gasteiger partial charge >= 0.3 is 0 Å². The molecule has 0 amide bonds. The van der Waals surface area contributed by atoms with Gasteiger partial charge < -0.3 is 5.32 Å². The average Bonchev–Trinajstić information content (AvgIpc) is 2.71. The van der Waals surface area contributed by atoms with E-state index in [2.05, 4.69) is 71.7 Å². The SMILES string of the molecule is CCNC(c1cc(C)cc(Br)c1)c1ccsc1C. The van der Waals surface area contributed by atoms with Gasteiger partial charge in [-0.25, -0.2) is 0 Å². The summed E-state index contributed by atoms with van der Waals surface area (Å²) >= 11 is 5.40. The van der Waals surface area contributed by atoms with Crippen LogP contribution in [0.1, 0.15) is 34.5 Å². The van der Waals surface area contributed by atoms with Crippen molar-refractivity contribution in [3.63, 3.8) is 0 Å². The van der Waals surface area contributed by atoms with Crippen molar-refractivity contribution < 1.29 is 0 Å². The quantitative estimate of drug-likeness (QED) is 0.850. The van der Waals surface area contributed by atoms with Crippen LogP contribution in [0.5, 0.6) is 0 Å². The number of hydrogen-bond acceptors (Lipinski definition) is 2. The monoisotopic (exact) mass is 323 g/mol. The fourth-order valence-corrected chi connectivity index (χ4v) is 3.60. The third kappa shape index (κ3) is 3.02. The molecule has 0 aliphatic carbocycles. The maximum atomic E-state index is 3.59. The smallest absolute Gasteiger partial charge is 0.0587 e. The summed E-state index contributed by atoms with van der Waals surface area (Å²) in [6.45, 7) is 7.44. The summed E-state index contributed by atoms with van der Waals surface area (Å²) in [5, 5.41) is 5.75. The van der Waals surface area contributed by atoms with Gasteiger partial charge in [0.1, 0.15) is 0 Å². The van der Waals surface area contributed by atoms with E-state index in [0.717, 1.165) is 11.0 Å².